The van der Waals surface area contributed by atoms with Gasteiger partial charge in [0.25, 0.3) is 0 Å². The molecule has 0 unspecified atom stereocenters. The number of carbonyl (C=O) groups excluding carboxylic acids is 1. The fourth-order valence-electron chi connectivity index (χ4n) is 1.16. The van der Waals surface area contributed by atoms with Crippen LogP contribution >= 0.6 is 0 Å². The van der Waals surface area contributed by atoms with Gasteiger partial charge in [0.2, 0.25) is 5.91 Å². The second-order valence-electron chi connectivity index (χ2n) is 3.32. The zero-order valence-electron chi connectivity index (χ0n) is 9.05. The predicted octanol–water partition coefficient (Wildman–Crippen LogP) is 1.71. The maximum atomic E-state index is 11.6. The molecule has 0 aromatic carbocycles. The van der Waals surface area contributed by atoms with Crippen molar-refractivity contribution in [3.63, 3.8) is 0 Å². The first-order valence-corrected chi connectivity index (χ1v) is 4.90. The van der Waals surface area contributed by atoms with E-state index in [0.717, 1.165) is 25.8 Å². The van der Waals surface area contributed by atoms with E-state index in [1.54, 1.807) is 5.01 Å². The third kappa shape index (κ3) is 4.88. The van der Waals surface area contributed by atoms with E-state index in [9.17, 15) is 4.79 Å². The molecule has 0 bridgehead atoms. The van der Waals surface area contributed by atoms with E-state index >= 15 is 0 Å². The van der Waals surface area contributed by atoms with Crippen molar-refractivity contribution < 1.29 is 4.79 Å². The summed E-state index contributed by atoms with van der Waals surface area (Å²) >= 11 is 0. The molecule has 1 radical (unpaired) electrons. The molecule has 3 heteroatoms. The van der Waals surface area contributed by atoms with Crippen LogP contribution in [0.3, 0.4) is 0 Å². The molecule has 0 N–H and O–H groups in total. The Balaban J connectivity index is 3.96. The monoisotopic (exact) mass is 185 g/mol. The van der Waals surface area contributed by atoms with Crippen LogP contribution in [0.5, 0.6) is 0 Å². The Hall–Kier alpha value is -0.570. The number of unbranched alkanes of at least 4 members (excludes halogenated alkanes) is 1. The van der Waals surface area contributed by atoms with Gasteiger partial charge in [0, 0.05) is 27.1 Å². The molecule has 3 nitrogen and oxygen atoms in total. The number of hydrogen-bond acceptors (Lipinski definition) is 2. The summed E-state index contributed by atoms with van der Waals surface area (Å²) in [6, 6.07) is 0. The lowest BCUT2D eigenvalue weighted by Crippen LogP contribution is -2.42. The maximum Gasteiger partial charge on any atom is 0.236 e. The molecule has 0 aromatic heterocycles. The SMILES string of the molecule is [CH2]CCCC(=O)N(CCC)N(C)C. The van der Waals surface area contributed by atoms with Crippen molar-refractivity contribution >= 4 is 5.91 Å². The van der Waals surface area contributed by atoms with Gasteiger partial charge >= 0.3 is 0 Å². The topological polar surface area (TPSA) is 23.6 Å². The average Bonchev–Trinajstić information content (AvgIpc) is 2.09. The number of amides is 1. The summed E-state index contributed by atoms with van der Waals surface area (Å²) in [6.07, 6.45) is 3.32. The Morgan fingerprint density at radius 2 is 2.00 bits per heavy atom. The standard InChI is InChI=1S/C10H21N2O/c1-5-7-8-10(13)12(9-6-2)11(3)4/h1,5-9H2,2-4H3. The van der Waals surface area contributed by atoms with Gasteiger partial charge in [0.1, 0.15) is 0 Å². The van der Waals surface area contributed by atoms with E-state index in [1.165, 1.54) is 0 Å². The molecule has 0 heterocycles. The van der Waals surface area contributed by atoms with Crippen LogP contribution < -0.4 is 0 Å². The average molecular weight is 185 g/mol. The van der Waals surface area contributed by atoms with Crippen LogP contribution in [0.1, 0.15) is 32.6 Å². The maximum absolute atomic E-state index is 11.6. The van der Waals surface area contributed by atoms with Crippen LogP contribution in [0.25, 0.3) is 0 Å². The molecule has 0 aliphatic carbocycles. The second-order valence-corrected chi connectivity index (χ2v) is 3.32. The molecular weight excluding hydrogens is 164 g/mol. The first kappa shape index (κ1) is 12.4. The highest BCUT2D eigenvalue weighted by Gasteiger charge is 2.13. The summed E-state index contributed by atoms with van der Waals surface area (Å²) in [6.45, 7) is 6.61. The third-order valence-corrected chi connectivity index (χ3v) is 1.85. The van der Waals surface area contributed by atoms with Gasteiger partial charge in [-0.3, -0.25) is 9.80 Å². The number of nitrogens with zero attached hydrogens (tertiary/aromatic N) is 2. The van der Waals surface area contributed by atoms with Gasteiger partial charge in [0.15, 0.2) is 0 Å². The van der Waals surface area contributed by atoms with Crippen molar-refractivity contribution in [1.82, 2.24) is 10.0 Å². The van der Waals surface area contributed by atoms with Crippen molar-refractivity contribution in [2.45, 2.75) is 32.6 Å². The molecule has 0 atom stereocenters. The fraction of sp³-hybridized carbons (Fsp3) is 0.800. The Labute approximate surface area is 81.7 Å². The van der Waals surface area contributed by atoms with E-state index in [2.05, 4.69) is 13.8 Å². The van der Waals surface area contributed by atoms with Crippen molar-refractivity contribution in [1.29, 1.82) is 0 Å². The fourth-order valence-corrected chi connectivity index (χ4v) is 1.16. The number of rotatable bonds is 6. The van der Waals surface area contributed by atoms with Gasteiger partial charge in [-0.25, -0.2) is 5.01 Å². The summed E-state index contributed by atoms with van der Waals surface area (Å²) < 4.78 is 0. The lowest BCUT2D eigenvalue weighted by molar-refractivity contribution is -0.144. The summed E-state index contributed by atoms with van der Waals surface area (Å²) in [7, 11) is 3.80. The van der Waals surface area contributed by atoms with Gasteiger partial charge in [-0.15, -0.1) is 0 Å². The third-order valence-electron chi connectivity index (χ3n) is 1.85. The number of hydrazine groups is 1. The van der Waals surface area contributed by atoms with Crippen LogP contribution in [0.2, 0.25) is 0 Å². The van der Waals surface area contributed by atoms with Crippen LogP contribution in [0.15, 0.2) is 0 Å². The smallest absolute Gasteiger partial charge is 0.236 e. The lowest BCUT2D eigenvalue weighted by atomic mass is 10.2. The zero-order valence-corrected chi connectivity index (χ0v) is 9.05. The van der Waals surface area contributed by atoms with Crippen molar-refractivity contribution in [3.05, 3.63) is 6.92 Å². The van der Waals surface area contributed by atoms with Crippen LogP contribution in [-0.4, -0.2) is 36.6 Å². The second kappa shape index (κ2) is 6.89. The minimum absolute atomic E-state index is 0.204. The van der Waals surface area contributed by atoms with Gasteiger partial charge < -0.3 is 0 Å². The Bertz CT molecular complexity index is 146. The van der Waals surface area contributed by atoms with E-state index in [-0.39, 0.29) is 5.91 Å². The molecule has 1 amide bonds. The van der Waals surface area contributed by atoms with Gasteiger partial charge in [-0.1, -0.05) is 20.3 Å². The highest BCUT2D eigenvalue weighted by molar-refractivity contribution is 5.75. The number of hydrogen-bond donors (Lipinski definition) is 0. The van der Waals surface area contributed by atoms with Crippen molar-refractivity contribution in [3.8, 4) is 0 Å². The largest absolute Gasteiger partial charge is 0.276 e. The summed E-state index contributed by atoms with van der Waals surface area (Å²) in [5.74, 6) is 0.204. The molecule has 0 saturated carbocycles. The van der Waals surface area contributed by atoms with Crippen LogP contribution in [-0.2, 0) is 4.79 Å². The molecular formula is C10H21N2O. The first-order chi connectivity index (χ1) is 6.13. The number of carbonyl (C=O) groups is 1. The molecule has 0 aliphatic rings. The summed E-state index contributed by atoms with van der Waals surface area (Å²) in [5.41, 5.74) is 0. The van der Waals surface area contributed by atoms with E-state index in [0.29, 0.717) is 6.42 Å². The van der Waals surface area contributed by atoms with Crippen molar-refractivity contribution in [2.24, 2.45) is 0 Å². The molecule has 13 heavy (non-hydrogen) atoms. The summed E-state index contributed by atoms with van der Waals surface area (Å²) in [4.78, 5) is 11.6. The van der Waals surface area contributed by atoms with E-state index in [4.69, 9.17) is 0 Å². The van der Waals surface area contributed by atoms with Gasteiger partial charge in [-0.2, -0.15) is 0 Å². The van der Waals surface area contributed by atoms with Gasteiger partial charge in [0.05, 0.1) is 0 Å². The van der Waals surface area contributed by atoms with Crippen LogP contribution in [0, 0.1) is 6.92 Å². The highest BCUT2D eigenvalue weighted by atomic mass is 16.2. The first-order valence-electron chi connectivity index (χ1n) is 4.90. The molecule has 0 saturated heterocycles. The predicted molar refractivity (Wildman–Crippen MR) is 54.9 cm³/mol. The van der Waals surface area contributed by atoms with E-state index in [1.807, 2.05) is 19.1 Å². The zero-order chi connectivity index (χ0) is 10.3. The van der Waals surface area contributed by atoms with Crippen molar-refractivity contribution in [2.75, 3.05) is 20.6 Å². The lowest BCUT2D eigenvalue weighted by Gasteiger charge is -2.28. The molecule has 0 rings (SSSR count). The Kier molecular flexibility index (Phi) is 6.59. The van der Waals surface area contributed by atoms with Crippen LogP contribution in [0.4, 0.5) is 0 Å². The normalized spacial score (nSPS) is 10.5. The Morgan fingerprint density at radius 1 is 1.38 bits per heavy atom. The molecule has 0 aliphatic heterocycles. The molecule has 0 spiro atoms. The minimum Gasteiger partial charge on any atom is -0.276 e. The highest BCUT2D eigenvalue weighted by Crippen LogP contribution is 2.02. The van der Waals surface area contributed by atoms with Gasteiger partial charge in [-0.05, 0) is 12.8 Å². The van der Waals surface area contributed by atoms with E-state index < -0.39 is 0 Å². The Morgan fingerprint density at radius 3 is 2.38 bits per heavy atom. The molecule has 77 valence electrons. The summed E-state index contributed by atoms with van der Waals surface area (Å²) in [5, 5.41) is 3.64. The molecule has 0 aromatic rings. The minimum atomic E-state index is 0.204. The quantitative estimate of drug-likeness (QED) is 0.588. The molecule has 0 fully saturated rings.